The summed E-state index contributed by atoms with van der Waals surface area (Å²) in [6, 6.07) is 13.8. The van der Waals surface area contributed by atoms with Crippen LogP contribution in [0, 0.1) is 16.7 Å². The molecule has 3 aliphatic rings. The van der Waals surface area contributed by atoms with Crippen LogP contribution in [0.3, 0.4) is 0 Å². The number of nitrogens with zero attached hydrogens (tertiary/aromatic N) is 1. The van der Waals surface area contributed by atoms with Gasteiger partial charge in [0.25, 0.3) is 5.91 Å². The molecule has 0 radical (unpaired) electrons. The fourth-order valence-corrected chi connectivity index (χ4v) is 8.64. The maximum atomic E-state index is 13.0. The zero-order valence-corrected chi connectivity index (χ0v) is 17.1. The van der Waals surface area contributed by atoms with E-state index in [9.17, 15) is 13.2 Å². The van der Waals surface area contributed by atoms with E-state index in [-0.39, 0.29) is 22.6 Å². The minimum Gasteiger partial charge on any atom is -0.269 e. The van der Waals surface area contributed by atoms with Crippen LogP contribution >= 0.6 is 0 Å². The van der Waals surface area contributed by atoms with Gasteiger partial charge in [0.05, 0.1) is 11.8 Å². The van der Waals surface area contributed by atoms with Crippen molar-refractivity contribution in [2.45, 2.75) is 39.2 Å². The van der Waals surface area contributed by atoms with Crippen molar-refractivity contribution in [3.8, 4) is 0 Å². The summed E-state index contributed by atoms with van der Waals surface area (Å²) in [4.78, 5) is 13.0. The largest absolute Gasteiger partial charge is 0.269 e. The lowest BCUT2D eigenvalue weighted by Crippen LogP contribution is -2.43. The normalized spacial score (nSPS) is 32.3. The van der Waals surface area contributed by atoms with Gasteiger partial charge >= 0.3 is 0 Å². The minimum atomic E-state index is -3.57. The molecule has 2 aromatic rings. The quantitative estimate of drug-likeness (QED) is 0.716. The van der Waals surface area contributed by atoms with E-state index in [2.05, 4.69) is 13.8 Å². The van der Waals surface area contributed by atoms with Gasteiger partial charge in [-0.05, 0) is 59.1 Å². The smallest absolute Gasteiger partial charge is 0.260 e. The number of fused-ring (bicyclic) bond motifs is 2. The summed E-state index contributed by atoms with van der Waals surface area (Å²) in [6.45, 7) is 4.39. The maximum absolute atomic E-state index is 13.0. The van der Waals surface area contributed by atoms with Crippen molar-refractivity contribution in [1.82, 2.24) is 4.31 Å². The molecule has 2 aliphatic carbocycles. The molecule has 1 saturated heterocycles. The van der Waals surface area contributed by atoms with E-state index in [1.807, 2.05) is 42.5 Å². The summed E-state index contributed by atoms with van der Waals surface area (Å²) in [5, 5.41) is 2.24. The van der Waals surface area contributed by atoms with Crippen LogP contribution in [0.5, 0.6) is 0 Å². The van der Waals surface area contributed by atoms with Crippen LogP contribution in [-0.4, -0.2) is 30.4 Å². The van der Waals surface area contributed by atoms with E-state index in [0.29, 0.717) is 5.92 Å². The molecule has 1 spiro atoms. The average Bonchev–Trinajstić information content (AvgIpc) is 3.13. The second-order valence-electron chi connectivity index (χ2n) is 9.20. The first kappa shape index (κ1) is 17.9. The first-order valence-electron chi connectivity index (χ1n) is 9.98. The van der Waals surface area contributed by atoms with Crippen molar-refractivity contribution < 1.29 is 13.2 Å². The van der Waals surface area contributed by atoms with Gasteiger partial charge in [0.2, 0.25) is 10.0 Å². The zero-order chi connectivity index (χ0) is 19.7. The summed E-state index contributed by atoms with van der Waals surface area (Å²) in [7, 11) is -3.57. The Hall–Kier alpha value is -2.14. The van der Waals surface area contributed by atoms with Crippen molar-refractivity contribution in [2.24, 2.45) is 16.7 Å². The summed E-state index contributed by atoms with van der Waals surface area (Å²) in [5.41, 5.74) is 0.594. The van der Waals surface area contributed by atoms with Crippen LogP contribution in [0.15, 0.2) is 48.5 Å². The molecule has 28 heavy (non-hydrogen) atoms. The van der Waals surface area contributed by atoms with Crippen molar-refractivity contribution >= 4 is 32.8 Å². The lowest BCUT2D eigenvalue weighted by Gasteiger charge is -2.36. The van der Waals surface area contributed by atoms with Gasteiger partial charge in [-0.15, -0.1) is 0 Å². The van der Waals surface area contributed by atoms with Crippen LogP contribution in [0.25, 0.3) is 16.8 Å². The SMILES string of the molecule is CC1(C)[C@H]2CC[C@@]13CS(=O)(=O)N(C(=O)/C=C/c1ccc4ccccc4c1)[C@@H]3C2. The molecule has 146 valence electrons. The summed E-state index contributed by atoms with van der Waals surface area (Å²) in [6.07, 6.45) is 5.95. The number of carbonyl (C=O) groups excluding carboxylic acids is 1. The van der Waals surface area contributed by atoms with E-state index in [1.54, 1.807) is 6.08 Å². The molecular formula is C23H25NO3S. The predicted molar refractivity (Wildman–Crippen MR) is 111 cm³/mol. The van der Waals surface area contributed by atoms with E-state index in [4.69, 9.17) is 0 Å². The van der Waals surface area contributed by atoms with Crippen molar-refractivity contribution in [2.75, 3.05) is 5.75 Å². The van der Waals surface area contributed by atoms with Crippen LogP contribution < -0.4 is 0 Å². The topological polar surface area (TPSA) is 54.5 Å². The van der Waals surface area contributed by atoms with Gasteiger partial charge in [-0.25, -0.2) is 12.7 Å². The van der Waals surface area contributed by atoms with Gasteiger partial charge in [0, 0.05) is 11.5 Å². The molecule has 5 heteroatoms. The Morgan fingerprint density at radius 3 is 2.64 bits per heavy atom. The van der Waals surface area contributed by atoms with E-state index in [0.717, 1.165) is 35.6 Å². The average molecular weight is 396 g/mol. The van der Waals surface area contributed by atoms with Crippen molar-refractivity contribution in [3.05, 3.63) is 54.1 Å². The highest BCUT2D eigenvalue weighted by atomic mass is 32.2. The van der Waals surface area contributed by atoms with Gasteiger partial charge in [0.1, 0.15) is 0 Å². The van der Waals surface area contributed by atoms with Crippen LogP contribution in [-0.2, 0) is 14.8 Å². The van der Waals surface area contributed by atoms with Gasteiger partial charge in [-0.2, -0.15) is 0 Å². The molecule has 1 aliphatic heterocycles. The maximum Gasteiger partial charge on any atom is 0.260 e. The fourth-order valence-electron chi connectivity index (χ4n) is 6.13. The standard InChI is InChI=1S/C23H25NO3S/c1-22(2)19-11-12-23(22)15-28(26,27)24(20(23)14-19)21(25)10-8-16-7-9-17-5-3-4-6-18(17)13-16/h3-10,13,19-20H,11-12,14-15H2,1-2H3/b10-8+/t19-,20+,23-/m0/s1. The van der Waals surface area contributed by atoms with Gasteiger partial charge in [-0.1, -0.05) is 50.2 Å². The Morgan fingerprint density at radius 1 is 1.14 bits per heavy atom. The molecule has 1 heterocycles. The monoisotopic (exact) mass is 395 g/mol. The molecule has 1 amide bonds. The third-order valence-electron chi connectivity index (χ3n) is 7.82. The first-order valence-corrected chi connectivity index (χ1v) is 11.6. The van der Waals surface area contributed by atoms with Crippen molar-refractivity contribution in [1.29, 1.82) is 0 Å². The summed E-state index contributed by atoms with van der Waals surface area (Å²) >= 11 is 0. The van der Waals surface area contributed by atoms with Gasteiger partial charge in [0.15, 0.2) is 0 Å². The minimum absolute atomic E-state index is 0.0260. The highest BCUT2D eigenvalue weighted by Gasteiger charge is 2.72. The lowest BCUT2D eigenvalue weighted by molar-refractivity contribution is -0.123. The number of hydrogen-bond acceptors (Lipinski definition) is 3. The van der Waals surface area contributed by atoms with Crippen LogP contribution in [0.4, 0.5) is 0 Å². The highest BCUT2D eigenvalue weighted by molar-refractivity contribution is 7.90. The zero-order valence-electron chi connectivity index (χ0n) is 16.3. The highest BCUT2D eigenvalue weighted by Crippen LogP contribution is 2.69. The fraction of sp³-hybridized carbons (Fsp3) is 0.435. The molecule has 0 aromatic heterocycles. The number of rotatable bonds is 2. The third-order valence-corrected chi connectivity index (χ3v) is 9.73. The Bertz CT molecular complexity index is 1120. The van der Waals surface area contributed by atoms with Crippen LogP contribution in [0.1, 0.15) is 38.7 Å². The number of sulfonamides is 1. The van der Waals surface area contributed by atoms with E-state index in [1.165, 1.54) is 10.4 Å². The number of carbonyl (C=O) groups is 1. The molecule has 2 saturated carbocycles. The molecule has 3 fully saturated rings. The second-order valence-corrected chi connectivity index (χ2v) is 11.0. The first-order chi connectivity index (χ1) is 13.2. The Labute approximate surface area is 166 Å². The predicted octanol–water partition coefficient (Wildman–Crippen LogP) is 4.22. The summed E-state index contributed by atoms with van der Waals surface area (Å²) < 4.78 is 27.1. The summed E-state index contributed by atoms with van der Waals surface area (Å²) in [5.74, 6) is 0.218. The number of hydrogen-bond donors (Lipinski definition) is 0. The lowest BCUT2D eigenvalue weighted by atomic mass is 9.69. The Balaban J connectivity index is 1.45. The molecule has 0 N–H and O–H groups in total. The molecule has 2 aromatic carbocycles. The van der Waals surface area contributed by atoms with Crippen molar-refractivity contribution in [3.63, 3.8) is 0 Å². The third kappa shape index (κ3) is 2.29. The second kappa shape index (κ2) is 5.69. The van der Waals surface area contributed by atoms with E-state index < -0.39 is 15.9 Å². The Kier molecular flexibility index (Phi) is 3.64. The molecule has 5 rings (SSSR count). The van der Waals surface area contributed by atoms with Gasteiger partial charge < -0.3 is 0 Å². The number of benzene rings is 2. The molecule has 4 nitrogen and oxygen atoms in total. The van der Waals surface area contributed by atoms with Gasteiger partial charge in [-0.3, -0.25) is 4.79 Å². The van der Waals surface area contributed by atoms with E-state index >= 15 is 0 Å². The molecule has 0 unspecified atom stereocenters. The number of amides is 1. The Morgan fingerprint density at radius 2 is 1.89 bits per heavy atom. The molecule has 3 atom stereocenters. The molecular weight excluding hydrogens is 370 g/mol. The van der Waals surface area contributed by atoms with Crippen LogP contribution in [0.2, 0.25) is 0 Å². The molecule has 2 bridgehead atoms.